The highest BCUT2D eigenvalue weighted by molar-refractivity contribution is 5.98. The molecule has 0 saturated heterocycles. The van der Waals surface area contributed by atoms with Crippen LogP contribution in [0.2, 0.25) is 0 Å². The molecule has 27 heteroatoms. The number of benzene rings is 1. The maximum atomic E-state index is 14.0. The molecular weight excluding hydrogens is 941 g/mol. The number of carboxylic acid groups (broad SMARTS) is 4. The molecule has 0 aliphatic carbocycles. The van der Waals surface area contributed by atoms with Crippen LogP contribution in [-0.4, -0.2) is 164 Å². The van der Waals surface area contributed by atoms with Crippen LogP contribution >= 0.6 is 0 Å². The first-order chi connectivity index (χ1) is 33.4. The number of hydrogen-bond donors (Lipinski definition) is 16. The third-order valence-corrected chi connectivity index (χ3v) is 10.6. The first-order valence-corrected chi connectivity index (χ1v) is 23.0. The van der Waals surface area contributed by atoms with Crippen molar-refractivity contribution in [3.63, 3.8) is 0 Å². The second kappa shape index (κ2) is 32.8. The van der Waals surface area contributed by atoms with E-state index in [1.165, 1.54) is 24.3 Å². The van der Waals surface area contributed by atoms with Crippen LogP contribution < -0.4 is 54.4 Å². The molecule has 0 aliphatic rings. The van der Waals surface area contributed by atoms with Crippen molar-refractivity contribution in [3.05, 3.63) is 29.8 Å². The largest absolute Gasteiger partial charge is 0.508 e. The lowest BCUT2D eigenvalue weighted by Gasteiger charge is -2.28. The summed E-state index contributed by atoms with van der Waals surface area (Å²) < 4.78 is 0. The average molecular weight is 1010 g/mol. The maximum Gasteiger partial charge on any atom is 0.328 e. The van der Waals surface area contributed by atoms with Gasteiger partial charge in [-0.15, -0.1) is 0 Å². The smallest absolute Gasteiger partial charge is 0.328 e. The number of nitrogens with two attached hydrogens (primary N) is 3. The SMILES string of the molecule is CC(C)C[C@H](NC(=O)[C@H](CCC(=O)O)NC(=O)[C@@H](N)Cc1ccc(O)cc1)C(=O)N[C@@H](CCCCN)C(=O)N[C@@H](CCC(=O)O)C(=O)N[C@@H](CC(=O)O)C(=O)N[C@@H](CCCCN)C(=O)N[C@@H](CO)C(=O)O. The number of carbonyl (C=O) groups excluding carboxylic acids is 7. The highest BCUT2D eigenvalue weighted by Crippen LogP contribution is 2.13. The molecule has 7 amide bonds. The van der Waals surface area contributed by atoms with Gasteiger partial charge in [0, 0.05) is 12.8 Å². The molecule has 8 atom stereocenters. The molecule has 19 N–H and O–H groups in total. The number of aliphatic hydroxyl groups is 1. The topological polar surface area (TPSA) is 471 Å². The number of rotatable bonds is 36. The van der Waals surface area contributed by atoms with Gasteiger partial charge in [-0.2, -0.15) is 0 Å². The summed E-state index contributed by atoms with van der Waals surface area (Å²) in [4.78, 5) is 142. The molecule has 0 spiro atoms. The van der Waals surface area contributed by atoms with Gasteiger partial charge in [0.05, 0.1) is 19.1 Å². The predicted octanol–water partition coefficient (Wildman–Crippen LogP) is -3.76. The number of aromatic hydroxyl groups is 1. The molecular formula is C44H70N10O17. The van der Waals surface area contributed by atoms with E-state index in [0.717, 1.165) is 0 Å². The molecule has 0 bridgehead atoms. The molecule has 0 unspecified atom stereocenters. The number of unbranched alkanes of at least 4 members (excludes halogenated alkanes) is 2. The summed E-state index contributed by atoms with van der Waals surface area (Å²) in [5, 5.41) is 73.0. The lowest BCUT2D eigenvalue weighted by Crippen LogP contribution is -2.60. The molecule has 0 aliphatic heterocycles. The molecule has 27 nitrogen and oxygen atoms in total. The van der Waals surface area contributed by atoms with Gasteiger partial charge in [-0.1, -0.05) is 26.0 Å². The summed E-state index contributed by atoms with van der Waals surface area (Å²) in [5.41, 5.74) is 17.9. The van der Waals surface area contributed by atoms with E-state index in [4.69, 9.17) is 17.2 Å². The Bertz CT molecular complexity index is 1970. The van der Waals surface area contributed by atoms with Crippen LogP contribution in [0.15, 0.2) is 24.3 Å². The van der Waals surface area contributed by atoms with Crippen molar-refractivity contribution in [1.82, 2.24) is 37.2 Å². The second-order valence-corrected chi connectivity index (χ2v) is 17.1. The lowest BCUT2D eigenvalue weighted by molar-refractivity contribution is -0.144. The van der Waals surface area contributed by atoms with Crippen molar-refractivity contribution in [2.45, 2.75) is 146 Å². The summed E-state index contributed by atoms with van der Waals surface area (Å²) in [5.74, 6) is -13.7. The number of nitrogens with one attached hydrogen (secondary N) is 7. The van der Waals surface area contributed by atoms with Crippen LogP contribution in [0.1, 0.15) is 96.5 Å². The van der Waals surface area contributed by atoms with E-state index in [2.05, 4.69) is 31.9 Å². The molecule has 1 aromatic carbocycles. The Morgan fingerprint density at radius 3 is 1.24 bits per heavy atom. The zero-order valence-electron chi connectivity index (χ0n) is 39.7. The maximum absolute atomic E-state index is 14.0. The molecule has 1 aromatic rings. The second-order valence-electron chi connectivity index (χ2n) is 17.1. The van der Waals surface area contributed by atoms with E-state index >= 15 is 0 Å². The van der Waals surface area contributed by atoms with Crippen molar-refractivity contribution in [2.24, 2.45) is 23.1 Å². The van der Waals surface area contributed by atoms with Crippen LogP contribution in [0.25, 0.3) is 0 Å². The number of amides is 7. The molecule has 1 rings (SSSR count). The minimum atomic E-state index is -1.97. The standard InChI is InChI=1S/C44H70N10O17/c1-23(2)19-31(52-40(66)29(13-15-34(57)58)48-37(63)26(47)20-24-9-11-25(56)12-10-24)42(68)49-27(7-3-5-17-45)38(64)51-30(14-16-35(59)60)41(67)53-32(21-36(61)62)43(69)50-28(8-4-6-18-46)39(65)54-33(22-55)44(70)71/h9-12,23,26-33,55-56H,3-8,13-22,45-47H2,1-2H3,(H,48,63)(H,49,68)(H,50,69)(H,51,64)(H,52,66)(H,53,67)(H,54,65)(H,57,58)(H,59,60)(H,61,62)(H,70,71)/t26-,27-,28-,29-,30-,31-,32-,33-/m0/s1. The van der Waals surface area contributed by atoms with Gasteiger partial charge in [0.1, 0.15) is 48.0 Å². The van der Waals surface area contributed by atoms with Crippen LogP contribution in [-0.2, 0) is 59.2 Å². The molecule has 398 valence electrons. The Kier molecular flexibility index (Phi) is 28.6. The van der Waals surface area contributed by atoms with Crippen molar-refractivity contribution in [1.29, 1.82) is 0 Å². The van der Waals surface area contributed by atoms with Crippen LogP contribution in [0.3, 0.4) is 0 Å². The quantitative estimate of drug-likeness (QED) is 0.0287. The van der Waals surface area contributed by atoms with Crippen molar-refractivity contribution in [2.75, 3.05) is 19.7 Å². The Labute approximate surface area is 409 Å². The Morgan fingerprint density at radius 1 is 0.493 bits per heavy atom. The zero-order valence-corrected chi connectivity index (χ0v) is 39.7. The van der Waals surface area contributed by atoms with Gasteiger partial charge >= 0.3 is 23.9 Å². The summed E-state index contributed by atoms with van der Waals surface area (Å²) in [7, 11) is 0. The van der Waals surface area contributed by atoms with Gasteiger partial charge in [-0.3, -0.25) is 47.9 Å². The van der Waals surface area contributed by atoms with E-state index < -0.39 is 152 Å². The Hall–Kier alpha value is -6.97. The molecule has 0 radical (unpaired) electrons. The first kappa shape index (κ1) is 62.0. The molecule has 0 aromatic heterocycles. The molecule has 0 saturated carbocycles. The number of aliphatic carboxylic acids is 4. The van der Waals surface area contributed by atoms with Crippen LogP contribution in [0.4, 0.5) is 0 Å². The van der Waals surface area contributed by atoms with Crippen LogP contribution in [0, 0.1) is 5.92 Å². The number of phenols is 1. The summed E-state index contributed by atoms with van der Waals surface area (Å²) in [6.45, 7) is 2.72. The number of phenolic OH excluding ortho intramolecular Hbond substituents is 1. The molecule has 0 fully saturated rings. The fraction of sp³-hybridized carbons (Fsp3) is 0.614. The van der Waals surface area contributed by atoms with Gasteiger partial charge in [0.15, 0.2) is 0 Å². The number of hydrogen-bond acceptors (Lipinski definition) is 16. The van der Waals surface area contributed by atoms with Gasteiger partial charge < -0.3 is 85.1 Å². The van der Waals surface area contributed by atoms with Gasteiger partial charge in [-0.05, 0) is 101 Å². The van der Waals surface area contributed by atoms with E-state index in [1.807, 2.05) is 5.32 Å². The number of carboxylic acids is 4. The molecule has 71 heavy (non-hydrogen) atoms. The minimum Gasteiger partial charge on any atom is -0.508 e. The fourth-order valence-corrected chi connectivity index (χ4v) is 6.76. The Balaban J connectivity index is 3.46. The molecule has 0 heterocycles. The third-order valence-electron chi connectivity index (χ3n) is 10.6. The average Bonchev–Trinajstić information content (AvgIpc) is 3.29. The monoisotopic (exact) mass is 1010 g/mol. The fourth-order valence-electron chi connectivity index (χ4n) is 6.76. The number of aliphatic hydroxyl groups excluding tert-OH is 1. The van der Waals surface area contributed by atoms with Gasteiger partial charge in [-0.25, -0.2) is 4.79 Å². The first-order valence-electron chi connectivity index (χ1n) is 23.0. The normalized spacial score (nSPS) is 14.4. The summed E-state index contributed by atoms with van der Waals surface area (Å²) in [6.07, 6.45) is -2.73. The zero-order chi connectivity index (χ0) is 53.8. The van der Waals surface area contributed by atoms with E-state index in [-0.39, 0.29) is 63.3 Å². The van der Waals surface area contributed by atoms with E-state index in [0.29, 0.717) is 18.4 Å². The highest BCUT2D eigenvalue weighted by atomic mass is 16.4. The lowest BCUT2D eigenvalue weighted by atomic mass is 10.00. The van der Waals surface area contributed by atoms with Gasteiger partial charge in [0.25, 0.3) is 0 Å². The van der Waals surface area contributed by atoms with Crippen molar-refractivity contribution >= 4 is 65.2 Å². The van der Waals surface area contributed by atoms with Crippen molar-refractivity contribution in [3.8, 4) is 5.75 Å². The van der Waals surface area contributed by atoms with E-state index in [1.54, 1.807) is 13.8 Å². The summed E-state index contributed by atoms with van der Waals surface area (Å²) >= 11 is 0. The highest BCUT2D eigenvalue weighted by Gasteiger charge is 2.35. The number of carbonyl (C=O) groups is 11. The Morgan fingerprint density at radius 2 is 0.859 bits per heavy atom. The third kappa shape index (κ3) is 24.9. The van der Waals surface area contributed by atoms with E-state index in [9.17, 15) is 83.4 Å². The van der Waals surface area contributed by atoms with Crippen LogP contribution in [0.5, 0.6) is 5.75 Å². The van der Waals surface area contributed by atoms with Gasteiger partial charge in [0.2, 0.25) is 41.4 Å². The summed E-state index contributed by atoms with van der Waals surface area (Å²) in [6, 6.07) is -6.89. The minimum absolute atomic E-state index is 0.0243. The predicted molar refractivity (Wildman–Crippen MR) is 249 cm³/mol. The van der Waals surface area contributed by atoms with Crippen molar-refractivity contribution < 1.29 is 83.4 Å².